The zero-order valence-corrected chi connectivity index (χ0v) is 19.4. The van der Waals surface area contributed by atoms with Gasteiger partial charge in [0.1, 0.15) is 0 Å². The van der Waals surface area contributed by atoms with Gasteiger partial charge >= 0.3 is 0 Å². The van der Waals surface area contributed by atoms with Crippen molar-refractivity contribution >= 4 is 0 Å². The summed E-state index contributed by atoms with van der Waals surface area (Å²) in [6.07, 6.45) is 9.80. The first-order valence-electron chi connectivity index (χ1n) is 11.9. The number of benzene rings is 1. The quantitative estimate of drug-likeness (QED) is 0.216. The third-order valence-electron chi connectivity index (χ3n) is 5.28. The third-order valence-corrected chi connectivity index (χ3v) is 5.28. The van der Waals surface area contributed by atoms with Crippen molar-refractivity contribution in [3.63, 3.8) is 0 Å². The van der Waals surface area contributed by atoms with Crippen molar-refractivity contribution < 1.29 is 14.2 Å². The molecule has 0 saturated carbocycles. The van der Waals surface area contributed by atoms with Crippen molar-refractivity contribution in [3.05, 3.63) is 35.9 Å². The number of hydrogen-bond donors (Lipinski definition) is 1. The maximum atomic E-state index is 6.11. The normalized spacial score (nSPS) is 13.0. The number of ether oxygens (including phenoxy) is 3. The Morgan fingerprint density at radius 2 is 1.34 bits per heavy atom. The van der Waals surface area contributed by atoms with E-state index in [2.05, 4.69) is 42.6 Å². The molecule has 168 valence electrons. The zero-order chi connectivity index (χ0) is 21.2. The maximum absolute atomic E-state index is 6.11. The molecule has 0 fully saturated rings. The van der Waals surface area contributed by atoms with E-state index < -0.39 is 5.97 Å². The van der Waals surface area contributed by atoms with E-state index in [4.69, 9.17) is 14.2 Å². The van der Waals surface area contributed by atoms with E-state index in [-0.39, 0.29) is 5.92 Å². The van der Waals surface area contributed by atoms with Crippen molar-refractivity contribution in [2.75, 3.05) is 26.4 Å². The highest BCUT2D eigenvalue weighted by Crippen LogP contribution is 2.33. The SMILES string of the molecule is CCCCCCCCC(CCNCc1ccccc1)C(OCC)(OCC)OCC. The minimum Gasteiger partial charge on any atom is -0.328 e. The predicted octanol–water partition coefficient (Wildman–Crippen LogP) is 6.30. The molecule has 0 amide bonds. The lowest BCUT2D eigenvalue weighted by Gasteiger charge is -2.39. The van der Waals surface area contributed by atoms with E-state index in [0.717, 1.165) is 25.9 Å². The Morgan fingerprint density at radius 3 is 1.93 bits per heavy atom. The number of unbranched alkanes of at least 4 members (excludes halogenated alkanes) is 5. The van der Waals surface area contributed by atoms with Gasteiger partial charge in [-0.3, -0.25) is 0 Å². The molecule has 0 heterocycles. The zero-order valence-electron chi connectivity index (χ0n) is 19.4. The molecule has 1 unspecified atom stereocenters. The van der Waals surface area contributed by atoms with Crippen LogP contribution in [0, 0.1) is 5.92 Å². The molecule has 0 aromatic heterocycles. The molecule has 0 spiro atoms. The Balaban J connectivity index is 2.65. The Morgan fingerprint density at radius 1 is 0.759 bits per heavy atom. The first kappa shape index (κ1) is 26.1. The lowest BCUT2D eigenvalue weighted by Crippen LogP contribution is -2.47. The summed E-state index contributed by atoms with van der Waals surface area (Å²) in [4.78, 5) is 0. The van der Waals surface area contributed by atoms with Crippen LogP contribution >= 0.6 is 0 Å². The van der Waals surface area contributed by atoms with Gasteiger partial charge in [0.2, 0.25) is 0 Å². The minimum absolute atomic E-state index is 0.219. The van der Waals surface area contributed by atoms with Crippen LogP contribution in [-0.4, -0.2) is 32.3 Å². The van der Waals surface area contributed by atoms with Crippen LogP contribution < -0.4 is 5.32 Å². The van der Waals surface area contributed by atoms with Gasteiger partial charge in [0, 0.05) is 32.3 Å². The van der Waals surface area contributed by atoms with Gasteiger partial charge in [-0.2, -0.15) is 0 Å². The molecule has 0 radical (unpaired) electrons. The van der Waals surface area contributed by atoms with Crippen molar-refractivity contribution in [1.29, 1.82) is 0 Å². The lowest BCUT2D eigenvalue weighted by molar-refractivity contribution is -0.403. The van der Waals surface area contributed by atoms with E-state index in [0.29, 0.717) is 19.8 Å². The predicted molar refractivity (Wildman–Crippen MR) is 122 cm³/mol. The van der Waals surface area contributed by atoms with Crippen LogP contribution in [0.1, 0.15) is 84.6 Å². The topological polar surface area (TPSA) is 39.7 Å². The van der Waals surface area contributed by atoms with Crippen LogP contribution in [-0.2, 0) is 20.8 Å². The first-order valence-corrected chi connectivity index (χ1v) is 11.9. The van der Waals surface area contributed by atoms with Gasteiger partial charge in [0.05, 0.1) is 0 Å². The van der Waals surface area contributed by atoms with Gasteiger partial charge < -0.3 is 19.5 Å². The van der Waals surface area contributed by atoms with Crippen LogP contribution in [0.4, 0.5) is 0 Å². The molecular weight excluding hydrogens is 362 g/mol. The van der Waals surface area contributed by atoms with Gasteiger partial charge in [-0.05, 0) is 45.7 Å². The van der Waals surface area contributed by atoms with Crippen molar-refractivity contribution in [3.8, 4) is 0 Å². The molecule has 0 aliphatic heterocycles. The monoisotopic (exact) mass is 407 g/mol. The number of rotatable bonds is 19. The third kappa shape index (κ3) is 10.6. The molecule has 29 heavy (non-hydrogen) atoms. The average Bonchev–Trinajstić information content (AvgIpc) is 2.73. The van der Waals surface area contributed by atoms with E-state index in [1.807, 2.05) is 20.8 Å². The molecular formula is C25H45NO3. The summed E-state index contributed by atoms with van der Waals surface area (Å²) in [5.41, 5.74) is 1.31. The van der Waals surface area contributed by atoms with Gasteiger partial charge in [-0.25, -0.2) is 0 Å². The highest BCUT2D eigenvalue weighted by Gasteiger charge is 2.41. The summed E-state index contributed by atoms with van der Waals surface area (Å²) in [6, 6.07) is 10.5. The fourth-order valence-electron chi connectivity index (χ4n) is 3.86. The minimum atomic E-state index is -0.921. The highest BCUT2D eigenvalue weighted by molar-refractivity contribution is 5.14. The van der Waals surface area contributed by atoms with Crippen LogP contribution in [0.2, 0.25) is 0 Å². The van der Waals surface area contributed by atoms with Crippen LogP contribution in [0.3, 0.4) is 0 Å². The number of hydrogen-bond acceptors (Lipinski definition) is 4. The van der Waals surface area contributed by atoms with E-state index >= 15 is 0 Å². The summed E-state index contributed by atoms with van der Waals surface area (Å²) in [6.45, 7) is 11.9. The van der Waals surface area contributed by atoms with Crippen molar-refractivity contribution in [1.82, 2.24) is 5.32 Å². The Bertz CT molecular complexity index is 463. The second-order valence-electron chi connectivity index (χ2n) is 7.61. The van der Waals surface area contributed by atoms with Gasteiger partial charge in [-0.15, -0.1) is 0 Å². The van der Waals surface area contributed by atoms with Gasteiger partial charge in [-0.1, -0.05) is 75.8 Å². The Hall–Kier alpha value is -0.940. The molecule has 0 aliphatic carbocycles. The second kappa shape index (κ2) is 16.8. The largest absolute Gasteiger partial charge is 0.328 e. The smallest absolute Gasteiger partial charge is 0.285 e. The van der Waals surface area contributed by atoms with Crippen molar-refractivity contribution in [2.24, 2.45) is 5.92 Å². The van der Waals surface area contributed by atoms with Crippen LogP contribution in [0.15, 0.2) is 30.3 Å². The molecule has 4 nitrogen and oxygen atoms in total. The van der Waals surface area contributed by atoms with E-state index in [1.54, 1.807) is 0 Å². The van der Waals surface area contributed by atoms with Crippen LogP contribution in [0.5, 0.6) is 0 Å². The molecule has 4 heteroatoms. The van der Waals surface area contributed by atoms with E-state index in [9.17, 15) is 0 Å². The van der Waals surface area contributed by atoms with Gasteiger partial charge in [0.15, 0.2) is 0 Å². The first-order chi connectivity index (χ1) is 14.2. The standard InChI is InChI=1S/C25H45NO3/c1-5-9-10-11-12-16-19-24(25(27-6-2,28-7-3)29-8-4)20-21-26-22-23-17-14-13-15-18-23/h13-15,17-18,24,26H,5-12,16,19-22H2,1-4H3. The molecule has 1 rings (SSSR count). The molecule has 0 aliphatic rings. The summed E-state index contributed by atoms with van der Waals surface area (Å²) in [7, 11) is 0. The summed E-state index contributed by atoms with van der Waals surface area (Å²) < 4.78 is 18.3. The fourth-order valence-corrected chi connectivity index (χ4v) is 3.86. The summed E-state index contributed by atoms with van der Waals surface area (Å²) in [5, 5.41) is 3.58. The molecule has 0 saturated heterocycles. The van der Waals surface area contributed by atoms with Crippen molar-refractivity contribution in [2.45, 2.75) is 91.6 Å². The van der Waals surface area contributed by atoms with E-state index in [1.165, 1.54) is 44.1 Å². The molecule has 0 bridgehead atoms. The lowest BCUT2D eigenvalue weighted by atomic mass is 9.94. The maximum Gasteiger partial charge on any atom is 0.285 e. The van der Waals surface area contributed by atoms with Crippen LogP contribution in [0.25, 0.3) is 0 Å². The summed E-state index contributed by atoms with van der Waals surface area (Å²) in [5.74, 6) is -0.701. The molecule has 1 aromatic carbocycles. The second-order valence-corrected chi connectivity index (χ2v) is 7.61. The average molecular weight is 408 g/mol. The highest BCUT2D eigenvalue weighted by atomic mass is 16.9. The fraction of sp³-hybridized carbons (Fsp3) is 0.760. The molecule has 1 aromatic rings. The molecule has 1 atom stereocenters. The Labute approximate surface area is 179 Å². The molecule has 1 N–H and O–H groups in total. The summed E-state index contributed by atoms with van der Waals surface area (Å²) >= 11 is 0. The number of nitrogens with one attached hydrogen (secondary N) is 1. The van der Waals surface area contributed by atoms with Gasteiger partial charge in [0.25, 0.3) is 5.97 Å². The Kier molecular flexibility index (Phi) is 15.1.